The summed E-state index contributed by atoms with van der Waals surface area (Å²) < 4.78 is -0.793. The van der Waals surface area contributed by atoms with Crippen molar-refractivity contribution in [3.63, 3.8) is 0 Å². The maximum atomic E-state index is 6.28. The summed E-state index contributed by atoms with van der Waals surface area (Å²) in [6.07, 6.45) is 5.91. The Morgan fingerprint density at radius 1 is 1.13 bits per heavy atom. The molecule has 0 saturated heterocycles. The number of halogens is 2. The molecule has 1 heterocycles. The second-order valence-electron chi connectivity index (χ2n) is 3.71. The van der Waals surface area contributed by atoms with E-state index in [1.54, 1.807) is 0 Å². The van der Waals surface area contributed by atoms with Crippen LogP contribution < -0.4 is 5.19 Å². The molecule has 0 nitrogen and oxygen atoms in total. The fourth-order valence-corrected chi connectivity index (χ4v) is 4.35. The zero-order valence-corrected chi connectivity index (χ0v) is 10.5. The molecule has 74 valence electrons. The van der Waals surface area contributed by atoms with Gasteiger partial charge in [-0.3, -0.25) is 0 Å². The van der Waals surface area contributed by atoms with Crippen molar-refractivity contribution in [3.05, 3.63) is 48.1 Å². The third kappa shape index (κ3) is 1.38. The Morgan fingerprint density at radius 3 is 2.80 bits per heavy atom. The molecule has 3 heteroatoms. The standard InChI is InChI=1S/C12H8Cl2Si/c13-12(14)7-3-5-9-8-4-1-2-6-10(8)15-11(9)12/h1-7,15H. The monoisotopic (exact) mass is 250 g/mol. The summed E-state index contributed by atoms with van der Waals surface area (Å²) in [6, 6.07) is 8.44. The molecule has 1 aliphatic carbocycles. The molecule has 0 fully saturated rings. The average molecular weight is 251 g/mol. The molecule has 1 aromatic rings. The van der Waals surface area contributed by atoms with Crippen LogP contribution in [0.2, 0.25) is 0 Å². The van der Waals surface area contributed by atoms with Gasteiger partial charge in [0, 0.05) is 9.13 Å². The minimum atomic E-state index is -0.793. The highest BCUT2D eigenvalue weighted by Crippen LogP contribution is 2.35. The molecule has 3 rings (SSSR count). The van der Waals surface area contributed by atoms with E-state index in [1.165, 1.54) is 21.5 Å². The van der Waals surface area contributed by atoms with E-state index < -0.39 is 4.33 Å². The largest absolute Gasteiger partial charge is 0.158 e. The normalized spacial score (nSPS) is 20.4. The van der Waals surface area contributed by atoms with Crippen molar-refractivity contribution in [3.8, 4) is 0 Å². The maximum absolute atomic E-state index is 6.28. The van der Waals surface area contributed by atoms with Crippen LogP contribution in [0.15, 0.2) is 42.5 Å². The molecule has 0 N–H and O–H groups in total. The number of benzene rings is 1. The summed E-state index contributed by atoms with van der Waals surface area (Å²) in [5.74, 6) is 0. The fraction of sp³-hybridized carbons (Fsp3) is 0.0833. The van der Waals surface area contributed by atoms with Crippen molar-refractivity contribution in [1.82, 2.24) is 0 Å². The lowest BCUT2D eigenvalue weighted by atomic mass is 9.97. The quantitative estimate of drug-likeness (QED) is 0.489. The molecule has 0 amide bonds. The van der Waals surface area contributed by atoms with E-state index in [-0.39, 0.29) is 9.13 Å². The minimum absolute atomic E-state index is 0.0606. The number of hydrogen-bond donors (Lipinski definition) is 0. The van der Waals surface area contributed by atoms with Crippen LogP contribution in [0.5, 0.6) is 0 Å². The van der Waals surface area contributed by atoms with Crippen molar-refractivity contribution < 1.29 is 0 Å². The molecular formula is C12H8Cl2Si. The smallest absolute Gasteiger partial charge is 0.0920 e. The number of allylic oxidation sites excluding steroid dienone is 4. The van der Waals surface area contributed by atoms with Gasteiger partial charge in [0.25, 0.3) is 0 Å². The van der Waals surface area contributed by atoms with Crippen LogP contribution in [0.4, 0.5) is 0 Å². The number of rotatable bonds is 0. The van der Waals surface area contributed by atoms with Crippen molar-refractivity contribution in [2.24, 2.45) is 0 Å². The highest BCUT2D eigenvalue weighted by Gasteiger charge is 2.34. The van der Waals surface area contributed by atoms with Gasteiger partial charge in [-0.25, -0.2) is 0 Å². The van der Waals surface area contributed by atoms with Crippen molar-refractivity contribution in [2.75, 3.05) is 0 Å². The maximum Gasteiger partial charge on any atom is 0.158 e. The molecule has 2 aliphatic rings. The Balaban J connectivity index is 2.25. The third-order valence-corrected chi connectivity index (χ3v) is 5.66. The van der Waals surface area contributed by atoms with Crippen LogP contribution >= 0.6 is 23.2 Å². The fourth-order valence-electron chi connectivity index (χ4n) is 2.06. The number of fused-ring (bicyclic) bond motifs is 3. The zero-order valence-electron chi connectivity index (χ0n) is 7.87. The van der Waals surface area contributed by atoms with E-state index in [0.717, 1.165) is 0 Å². The Morgan fingerprint density at radius 2 is 1.93 bits per heavy atom. The summed E-state index contributed by atoms with van der Waals surface area (Å²) in [7, 11) is 0.0606. The highest BCUT2D eigenvalue weighted by atomic mass is 35.5. The topological polar surface area (TPSA) is 0 Å². The lowest BCUT2D eigenvalue weighted by Crippen LogP contribution is -2.27. The molecule has 1 aromatic carbocycles. The first-order valence-electron chi connectivity index (χ1n) is 4.78. The zero-order chi connectivity index (χ0) is 10.5. The number of alkyl halides is 2. The summed E-state index contributed by atoms with van der Waals surface area (Å²) in [5.41, 5.74) is 2.53. The van der Waals surface area contributed by atoms with E-state index in [9.17, 15) is 0 Å². The molecule has 0 radical (unpaired) electrons. The van der Waals surface area contributed by atoms with Gasteiger partial charge < -0.3 is 0 Å². The second-order valence-corrected chi connectivity index (χ2v) is 6.58. The van der Waals surface area contributed by atoms with Gasteiger partial charge in [-0.1, -0.05) is 59.6 Å². The van der Waals surface area contributed by atoms with Crippen molar-refractivity contribution in [2.45, 2.75) is 4.33 Å². The molecule has 0 atom stereocenters. The molecular weight excluding hydrogens is 243 g/mol. The Hall–Kier alpha value is -0.633. The van der Waals surface area contributed by atoms with Crippen LogP contribution in [-0.4, -0.2) is 18.6 Å². The average Bonchev–Trinajstić information content (AvgIpc) is 2.58. The summed E-state index contributed by atoms with van der Waals surface area (Å²) >= 11 is 12.6. The van der Waals surface area contributed by atoms with Gasteiger partial charge in [0.2, 0.25) is 0 Å². The van der Waals surface area contributed by atoms with E-state index in [2.05, 4.69) is 30.3 Å². The molecule has 0 aromatic heterocycles. The van der Waals surface area contributed by atoms with E-state index in [0.29, 0.717) is 0 Å². The lowest BCUT2D eigenvalue weighted by Gasteiger charge is -2.22. The van der Waals surface area contributed by atoms with E-state index in [1.807, 2.05) is 12.2 Å². The second kappa shape index (κ2) is 3.18. The van der Waals surface area contributed by atoms with E-state index >= 15 is 0 Å². The molecule has 0 spiro atoms. The van der Waals surface area contributed by atoms with E-state index in [4.69, 9.17) is 23.2 Å². The van der Waals surface area contributed by atoms with Crippen molar-refractivity contribution in [1.29, 1.82) is 0 Å². The molecule has 1 aliphatic heterocycles. The van der Waals surface area contributed by atoms with Gasteiger partial charge in [-0.05, 0) is 27.6 Å². The van der Waals surface area contributed by atoms with Crippen LogP contribution in [0.3, 0.4) is 0 Å². The van der Waals surface area contributed by atoms with Gasteiger partial charge in [0.05, 0.1) is 0 Å². The van der Waals surface area contributed by atoms with Gasteiger partial charge >= 0.3 is 0 Å². The predicted molar refractivity (Wildman–Crippen MR) is 69.8 cm³/mol. The first-order valence-corrected chi connectivity index (χ1v) is 6.69. The van der Waals surface area contributed by atoms with Gasteiger partial charge in [-0.2, -0.15) is 0 Å². The Labute approximate surface area is 101 Å². The molecule has 0 unspecified atom stereocenters. The first kappa shape index (κ1) is 9.58. The summed E-state index contributed by atoms with van der Waals surface area (Å²) in [4.78, 5) is 0. The van der Waals surface area contributed by atoms with Crippen LogP contribution in [0.1, 0.15) is 5.56 Å². The molecule has 0 bridgehead atoms. The third-order valence-electron chi connectivity index (χ3n) is 2.77. The predicted octanol–water partition coefficient (Wildman–Crippen LogP) is 2.06. The molecule has 0 saturated carbocycles. The summed E-state index contributed by atoms with van der Waals surface area (Å²) in [5, 5.41) is 2.59. The van der Waals surface area contributed by atoms with Crippen LogP contribution in [-0.2, 0) is 0 Å². The van der Waals surface area contributed by atoms with Gasteiger partial charge in [0.15, 0.2) is 4.33 Å². The minimum Gasteiger partial charge on any atom is -0.0920 e. The first-order chi connectivity index (χ1) is 7.18. The lowest BCUT2D eigenvalue weighted by molar-refractivity contribution is 1.38. The number of hydrogen-bond acceptors (Lipinski definition) is 0. The van der Waals surface area contributed by atoms with Crippen LogP contribution in [0, 0.1) is 0 Å². The SMILES string of the molecule is ClC1(Cl)C=CC=C2C1=[SiH]c1ccccc12. The Kier molecular flexibility index (Phi) is 2.03. The van der Waals surface area contributed by atoms with Crippen molar-refractivity contribution >= 4 is 48.3 Å². The van der Waals surface area contributed by atoms with Crippen LogP contribution in [0.25, 0.3) is 5.57 Å². The van der Waals surface area contributed by atoms with Gasteiger partial charge in [-0.15, -0.1) is 0 Å². The molecule has 15 heavy (non-hydrogen) atoms. The summed E-state index contributed by atoms with van der Waals surface area (Å²) in [6.45, 7) is 0. The Bertz CT molecular complexity index is 524. The van der Waals surface area contributed by atoms with Gasteiger partial charge in [0.1, 0.15) is 0 Å². The highest BCUT2D eigenvalue weighted by molar-refractivity contribution is 6.88.